The van der Waals surface area contributed by atoms with E-state index in [1.165, 1.54) is 24.1 Å². The van der Waals surface area contributed by atoms with Gasteiger partial charge in [0.2, 0.25) is 6.41 Å². The van der Waals surface area contributed by atoms with E-state index in [0.717, 1.165) is 43.2 Å². The van der Waals surface area contributed by atoms with Gasteiger partial charge < -0.3 is 4.90 Å². The third-order valence-corrected chi connectivity index (χ3v) is 5.11. The van der Waals surface area contributed by atoms with Gasteiger partial charge in [-0.3, -0.25) is 4.79 Å². The average molecular weight is 311 g/mol. The number of carbonyl (C=O) groups excluding carboxylic acids is 1. The van der Waals surface area contributed by atoms with E-state index in [4.69, 9.17) is 0 Å². The van der Waals surface area contributed by atoms with Gasteiger partial charge in [-0.25, -0.2) is 4.39 Å². The summed E-state index contributed by atoms with van der Waals surface area (Å²) in [5, 5.41) is 0. The second-order valence-corrected chi connectivity index (χ2v) is 6.39. The summed E-state index contributed by atoms with van der Waals surface area (Å²) < 4.78 is 13.0. The highest BCUT2D eigenvalue weighted by atomic mass is 19.1. The Kier molecular flexibility index (Phi) is 4.46. The largest absolute Gasteiger partial charge is 0.339 e. The summed E-state index contributed by atoms with van der Waals surface area (Å²) in [5.74, 6) is -0.223. The molecule has 0 heterocycles. The minimum absolute atomic E-state index is 0.179. The minimum Gasteiger partial charge on any atom is -0.339 e. The SMILES string of the molecule is CN(C=O)C1(c2ccc(-c3ccc(F)cc3)cc2)CCCCC1. The highest BCUT2D eigenvalue weighted by molar-refractivity contribution is 5.64. The molecule has 0 radical (unpaired) electrons. The molecule has 1 aliphatic carbocycles. The first kappa shape index (κ1) is 15.7. The van der Waals surface area contributed by atoms with Crippen molar-refractivity contribution in [3.8, 4) is 11.1 Å². The third-order valence-electron chi connectivity index (χ3n) is 5.11. The van der Waals surface area contributed by atoms with Crippen molar-refractivity contribution in [2.45, 2.75) is 37.6 Å². The van der Waals surface area contributed by atoms with E-state index in [2.05, 4.69) is 24.3 Å². The summed E-state index contributed by atoms with van der Waals surface area (Å²) in [6.45, 7) is 0. The van der Waals surface area contributed by atoms with Gasteiger partial charge in [0.25, 0.3) is 0 Å². The van der Waals surface area contributed by atoms with Crippen molar-refractivity contribution in [3.63, 3.8) is 0 Å². The Balaban J connectivity index is 1.93. The van der Waals surface area contributed by atoms with Crippen molar-refractivity contribution in [2.24, 2.45) is 0 Å². The van der Waals surface area contributed by atoms with Gasteiger partial charge in [0.05, 0.1) is 5.54 Å². The summed E-state index contributed by atoms with van der Waals surface area (Å²) in [5.41, 5.74) is 3.08. The van der Waals surface area contributed by atoms with E-state index in [1.807, 2.05) is 11.9 Å². The molecule has 0 spiro atoms. The molecule has 1 saturated carbocycles. The molecule has 2 aromatic carbocycles. The number of nitrogens with zero attached hydrogens (tertiary/aromatic N) is 1. The maximum atomic E-state index is 13.0. The van der Waals surface area contributed by atoms with Gasteiger partial charge in [-0.05, 0) is 41.7 Å². The Labute approximate surface area is 136 Å². The lowest BCUT2D eigenvalue weighted by atomic mass is 9.75. The van der Waals surface area contributed by atoms with Crippen LogP contribution in [-0.2, 0) is 10.3 Å². The van der Waals surface area contributed by atoms with Crippen molar-refractivity contribution < 1.29 is 9.18 Å². The van der Waals surface area contributed by atoms with Crippen molar-refractivity contribution >= 4 is 6.41 Å². The average Bonchev–Trinajstić information content (AvgIpc) is 2.62. The van der Waals surface area contributed by atoms with Gasteiger partial charge in [0, 0.05) is 7.05 Å². The maximum Gasteiger partial charge on any atom is 0.210 e. The lowest BCUT2D eigenvalue weighted by Crippen LogP contribution is -2.44. The van der Waals surface area contributed by atoms with Crippen LogP contribution in [0.2, 0.25) is 0 Å². The van der Waals surface area contributed by atoms with E-state index < -0.39 is 0 Å². The molecular weight excluding hydrogens is 289 g/mol. The molecule has 0 N–H and O–H groups in total. The molecular formula is C20H22FNO. The van der Waals surface area contributed by atoms with Gasteiger partial charge in [-0.1, -0.05) is 55.7 Å². The van der Waals surface area contributed by atoms with Crippen LogP contribution in [0, 0.1) is 5.82 Å². The molecule has 2 aromatic rings. The van der Waals surface area contributed by atoms with Crippen molar-refractivity contribution in [3.05, 3.63) is 59.9 Å². The van der Waals surface area contributed by atoms with Crippen LogP contribution in [0.5, 0.6) is 0 Å². The Morgan fingerprint density at radius 3 is 1.96 bits per heavy atom. The van der Waals surface area contributed by atoms with E-state index >= 15 is 0 Å². The standard InChI is InChI=1S/C20H22FNO/c1-22(15-23)20(13-3-2-4-14-20)18-9-5-16(6-10-18)17-7-11-19(21)12-8-17/h5-12,15H,2-4,13-14H2,1H3. The topological polar surface area (TPSA) is 20.3 Å². The van der Waals surface area contributed by atoms with Crippen LogP contribution in [0.3, 0.4) is 0 Å². The highest BCUT2D eigenvalue weighted by Crippen LogP contribution is 2.41. The zero-order chi connectivity index (χ0) is 16.3. The molecule has 0 aromatic heterocycles. The van der Waals surface area contributed by atoms with Gasteiger partial charge in [-0.2, -0.15) is 0 Å². The first-order valence-corrected chi connectivity index (χ1v) is 8.20. The van der Waals surface area contributed by atoms with E-state index in [9.17, 15) is 9.18 Å². The van der Waals surface area contributed by atoms with Crippen LogP contribution in [0.25, 0.3) is 11.1 Å². The van der Waals surface area contributed by atoms with Crippen LogP contribution in [0.15, 0.2) is 48.5 Å². The van der Waals surface area contributed by atoms with Gasteiger partial charge in [0.1, 0.15) is 5.82 Å². The zero-order valence-corrected chi connectivity index (χ0v) is 13.5. The predicted octanol–water partition coefficient (Wildman–Crippen LogP) is 4.74. The molecule has 0 unspecified atom stereocenters. The first-order chi connectivity index (χ1) is 11.2. The number of amides is 1. The number of hydrogen-bond donors (Lipinski definition) is 0. The number of rotatable bonds is 4. The summed E-state index contributed by atoms with van der Waals surface area (Å²) in [6.07, 6.45) is 6.51. The molecule has 0 atom stereocenters. The Morgan fingerprint density at radius 1 is 0.913 bits per heavy atom. The Morgan fingerprint density at radius 2 is 1.43 bits per heavy atom. The minimum atomic E-state index is -0.223. The van der Waals surface area contributed by atoms with Gasteiger partial charge >= 0.3 is 0 Å². The lowest BCUT2D eigenvalue weighted by molar-refractivity contribution is -0.123. The second-order valence-electron chi connectivity index (χ2n) is 6.39. The summed E-state index contributed by atoms with van der Waals surface area (Å²) >= 11 is 0. The van der Waals surface area contributed by atoms with Crippen LogP contribution in [0.1, 0.15) is 37.7 Å². The second kappa shape index (κ2) is 6.53. The predicted molar refractivity (Wildman–Crippen MR) is 90.4 cm³/mol. The molecule has 0 aliphatic heterocycles. The lowest BCUT2D eigenvalue weighted by Gasteiger charge is -2.43. The highest BCUT2D eigenvalue weighted by Gasteiger charge is 2.37. The fourth-order valence-corrected chi connectivity index (χ4v) is 3.70. The Hall–Kier alpha value is -2.16. The van der Waals surface area contributed by atoms with Gasteiger partial charge in [-0.15, -0.1) is 0 Å². The third kappa shape index (κ3) is 3.00. The van der Waals surface area contributed by atoms with E-state index in [0.29, 0.717) is 0 Å². The summed E-state index contributed by atoms with van der Waals surface area (Å²) in [7, 11) is 1.88. The molecule has 1 amide bonds. The monoisotopic (exact) mass is 311 g/mol. The first-order valence-electron chi connectivity index (χ1n) is 8.20. The van der Waals surface area contributed by atoms with E-state index in [-0.39, 0.29) is 11.4 Å². The molecule has 1 fully saturated rings. The number of carbonyl (C=O) groups is 1. The maximum absolute atomic E-state index is 13.0. The van der Waals surface area contributed by atoms with Crippen molar-refractivity contribution in [1.82, 2.24) is 4.90 Å². The normalized spacial score (nSPS) is 16.8. The molecule has 1 aliphatic rings. The summed E-state index contributed by atoms with van der Waals surface area (Å²) in [4.78, 5) is 13.2. The van der Waals surface area contributed by atoms with Crippen molar-refractivity contribution in [1.29, 1.82) is 0 Å². The van der Waals surface area contributed by atoms with Crippen LogP contribution in [-0.4, -0.2) is 18.4 Å². The zero-order valence-electron chi connectivity index (χ0n) is 13.5. The Bertz CT molecular complexity index is 657. The van der Waals surface area contributed by atoms with E-state index in [1.54, 1.807) is 12.1 Å². The van der Waals surface area contributed by atoms with Gasteiger partial charge in [0.15, 0.2) is 0 Å². The molecule has 3 rings (SSSR count). The fourth-order valence-electron chi connectivity index (χ4n) is 3.70. The molecule has 0 bridgehead atoms. The number of halogens is 1. The van der Waals surface area contributed by atoms with Crippen LogP contribution < -0.4 is 0 Å². The van der Waals surface area contributed by atoms with Crippen LogP contribution in [0.4, 0.5) is 4.39 Å². The molecule has 23 heavy (non-hydrogen) atoms. The molecule has 3 heteroatoms. The molecule has 120 valence electrons. The van der Waals surface area contributed by atoms with Crippen molar-refractivity contribution in [2.75, 3.05) is 7.05 Å². The van der Waals surface area contributed by atoms with Crippen LogP contribution >= 0.6 is 0 Å². The summed E-state index contributed by atoms with van der Waals surface area (Å²) in [6, 6.07) is 14.9. The number of hydrogen-bond acceptors (Lipinski definition) is 1. The molecule has 0 saturated heterocycles. The molecule has 2 nitrogen and oxygen atoms in total. The quantitative estimate of drug-likeness (QED) is 0.747. The smallest absolute Gasteiger partial charge is 0.210 e. The number of benzene rings is 2. The fraction of sp³-hybridized carbons (Fsp3) is 0.350.